The van der Waals surface area contributed by atoms with Gasteiger partial charge >= 0.3 is 0 Å². The Bertz CT molecular complexity index is 562. The fraction of sp³-hybridized carbons (Fsp3) is 0.615. The van der Waals surface area contributed by atoms with E-state index in [0.29, 0.717) is 6.42 Å². The number of sulfonamides is 1. The highest BCUT2D eigenvalue weighted by atomic mass is 32.2. The highest BCUT2D eigenvalue weighted by Gasteiger charge is 2.31. The lowest BCUT2D eigenvalue weighted by Crippen LogP contribution is -2.45. The molecule has 0 radical (unpaired) electrons. The Morgan fingerprint density at radius 3 is 2.35 bits per heavy atom. The molecule has 20 heavy (non-hydrogen) atoms. The average molecular weight is 300 g/mol. The summed E-state index contributed by atoms with van der Waals surface area (Å²) in [6, 6.07) is 3.03. The smallest absolute Gasteiger partial charge is 0.244 e. The van der Waals surface area contributed by atoms with Crippen molar-refractivity contribution in [2.75, 3.05) is 5.43 Å². The molecule has 1 heterocycles. The van der Waals surface area contributed by atoms with Crippen molar-refractivity contribution in [2.45, 2.75) is 51.5 Å². The largest absolute Gasteiger partial charge is 0.307 e. The third-order valence-corrected chi connectivity index (χ3v) is 4.31. The minimum absolute atomic E-state index is 0.00983. The number of nitrogens with two attached hydrogens (primary N) is 1. The summed E-state index contributed by atoms with van der Waals surface area (Å²) in [7, 11) is -3.69. The van der Waals surface area contributed by atoms with Crippen molar-refractivity contribution in [3.8, 4) is 0 Å². The maximum atomic E-state index is 12.5. The maximum absolute atomic E-state index is 12.5. The van der Waals surface area contributed by atoms with Crippen molar-refractivity contribution in [3.63, 3.8) is 0 Å². The van der Waals surface area contributed by atoms with Gasteiger partial charge in [-0.25, -0.2) is 24.0 Å². The first-order chi connectivity index (χ1) is 8.97. The van der Waals surface area contributed by atoms with Gasteiger partial charge in [0.25, 0.3) is 0 Å². The number of nitrogens with zero attached hydrogens (tertiary/aromatic N) is 1. The average Bonchev–Trinajstić information content (AvgIpc) is 2.24. The number of hydrogen-bond donors (Lipinski definition) is 3. The van der Waals surface area contributed by atoms with Crippen molar-refractivity contribution in [1.82, 2.24) is 9.71 Å². The van der Waals surface area contributed by atoms with Gasteiger partial charge in [-0.15, -0.1) is 0 Å². The van der Waals surface area contributed by atoms with Crippen molar-refractivity contribution >= 4 is 15.8 Å². The summed E-state index contributed by atoms with van der Waals surface area (Å²) in [5.74, 6) is 5.44. The Balaban J connectivity index is 3.06. The topological polar surface area (TPSA) is 97.1 Å². The summed E-state index contributed by atoms with van der Waals surface area (Å²) in [6.07, 6.45) is 2.18. The normalized spacial score (nSPS) is 13.3. The second-order valence-electron chi connectivity index (χ2n) is 6.72. The van der Waals surface area contributed by atoms with E-state index < -0.39 is 15.6 Å². The molecule has 0 saturated carbocycles. The van der Waals surface area contributed by atoms with Crippen LogP contribution in [0.15, 0.2) is 23.2 Å². The molecule has 0 aliphatic heterocycles. The number of anilines is 1. The first-order valence-electron chi connectivity index (χ1n) is 6.42. The van der Waals surface area contributed by atoms with E-state index in [4.69, 9.17) is 5.84 Å². The van der Waals surface area contributed by atoms with Crippen LogP contribution in [0.3, 0.4) is 0 Å². The summed E-state index contributed by atoms with van der Waals surface area (Å²) >= 11 is 0. The molecule has 0 aromatic carbocycles. The zero-order valence-corrected chi connectivity index (χ0v) is 13.5. The molecule has 114 valence electrons. The summed E-state index contributed by atoms with van der Waals surface area (Å²) in [5, 5.41) is 0. The minimum atomic E-state index is -3.69. The van der Waals surface area contributed by atoms with Gasteiger partial charge < -0.3 is 5.43 Å². The molecule has 4 N–H and O–H groups in total. The number of pyridine rings is 1. The van der Waals surface area contributed by atoms with Crippen LogP contribution in [0.2, 0.25) is 0 Å². The minimum Gasteiger partial charge on any atom is -0.307 e. The van der Waals surface area contributed by atoms with Gasteiger partial charge in [-0.3, -0.25) is 0 Å². The lowest BCUT2D eigenvalue weighted by molar-refractivity contribution is 0.269. The molecule has 0 amide bonds. The first kappa shape index (κ1) is 16.9. The fourth-order valence-corrected chi connectivity index (χ4v) is 4.03. The third-order valence-electron chi connectivity index (χ3n) is 2.58. The zero-order valence-electron chi connectivity index (χ0n) is 12.7. The van der Waals surface area contributed by atoms with E-state index >= 15 is 0 Å². The van der Waals surface area contributed by atoms with Crippen LogP contribution in [0.4, 0.5) is 5.82 Å². The molecule has 1 aromatic rings. The van der Waals surface area contributed by atoms with Gasteiger partial charge in [-0.1, -0.05) is 20.8 Å². The van der Waals surface area contributed by atoms with Crippen LogP contribution in [-0.2, 0) is 10.0 Å². The Labute approximate surface area is 121 Å². The Hall–Kier alpha value is -1.18. The highest BCUT2D eigenvalue weighted by Crippen LogP contribution is 2.28. The molecule has 0 atom stereocenters. The number of nitrogens with one attached hydrogen (secondary N) is 2. The lowest BCUT2D eigenvalue weighted by atomic mass is 9.82. The van der Waals surface area contributed by atoms with Gasteiger partial charge in [-0.2, -0.15) is 0 Å². The molecular formula is C13H24N4O2S. The van der Waals surface area contributed by atoms with Gasteiger partial charge in [0.15, 0.2) is 5.82 Å². The van der Waals surface area contributed by atoms with E-state index in [9.17, 15) is 8.42 Å². The van der Waals surface area contributed by atoms with E-state index in [1.807, 2.05) is 13.8 Å². The van der Waals surface area contributed by atoms with E-state index in [1.54, 1.807) is 6.07 Å². The van der Waals surface area contributed by atoms with Gasteiger partial charge in [0, 0.05) is 11.7 Å². The zero-order chi connectivity index (χ0) is 15.6. The molecule has 1 rings (SSSR count). The molecule has 0 aliphatic rings. The molecule has 0 spiro atoms. The molecule has 0 aliphatic carbocycles. The molecule has 7 heteroatoms. The lowest BCUT2D eigenvalue weighted by Gasteiger charge is -2.33. The summed E-state index contributed by atoms with van der Waals surface area (Å²) in [6.45, 7) is 9.93. The molecular weight excluding hydrogens is 276 g/mol. The molecule has 0 fully saturated rings. The fourth-order valence-electron chi connectivity index (χ4n) is 2.50. The number of nitrogen functional groups attached to an aromatic ring is 1. The van der Waals surface area contributed by atoms with Crippen molar-refractivity contribution < 1.29 is 8.42 Å². The number of hydrazine groups is 1. The van der Waals surface area contributed by atoms with Gasteiger partial charge in [0.05, 0.1) is 0 Å². The van der Waals surface area contributed by atoms with Crippen molar-refractivity contribution in [1.29, 1.82) is 0 Å². The van der Waals surface area contributed by atoms with E-state index in [2.05, 4.69) is 35.9 Å². The van der Waals surface area contributed by atoms with Gasteiger partial charge in [0.2, 0.25) is 10.0 Å². The molecule has 6 nitrogen and oxygen atoms in total. The number of hydrogen-bond acceptors (Lipinski definition) is 5. The maximum Gasteiger partial charge on any atom is 0.244 e. The van der Waals surface area contributed by atoms with Crippen molar-refractivity contribution in [3.05, 3.63) is 18.3 Å². The number of aromatic nitrogens is 1. The summed E-state index contributed by atoms with van der Waals surface area (Å²) in [5.41, 5.74) is 1.74. The van der Waals surface area contributed by atoms with Gasteiger partial charge in [0.1, 0.15) is 4.90 Å². The molecule has 0 unspecified atom stereocenters. The van der Waals surface area contributed by atoms with Gasteiger partial charge in [-0.05, 0) is 37.8 Å². The molecule has 1 aromatic heterocycles. The van der Waals surface area contributed by atoms with Crippen LogP contribution in [0.5, 0.6) is 0 Å². The van der Waals surface area contributed by atoms with E-state index in [0.717, 1.165) is 0 Å². The van der Waals surface area contributed by atoms with E-state index in [-0.39, 0.29) is 16.1 Å². The first-order valence-corrected chi connectivity index (χ1v) is 7.91. The SMILES string of the molecule is CC(C)(C)CC(C)(C)NS(=O)(=O)c1cccnc1NN. The van der Waals surface area contributed by atoms with Crippen LogP contribution in [0, 0.1) is 5.41 Å². The highest BCUT2D eigenvalue weighted by molar-refractivity contribution is 7.89. The number of rotatable bonds is 5. The molecule has 0 bridgehead atoms. The quantitative estimate of drug-likeness (QED) is 0.569. The summed E-state index contributed by atoms with van der Waals surface area (Å²) in [4.78, 5) is 3.96. The standard InChI is InChI=1S/C13H24N4O2S/c1-12(2,3)9-13(4,5)17-20(18,19)10-7-6-8-15-11(10)16-14/h6-8,17H,9,14H2,1-5H3,(H,15,16). The van der Waals surface area contributed by atoms with Crippen LogP contribution in [0.25, 0.3) is 0 Å². The monoisotopic (exact) mass is 300 g/mol. The molecule has 0 saturated heterocycles. The van der Waals surface area contributed by atoms with Crippen LogP contribution in [-0.4, -0.2) is 18.9 Å². The van der Waals surface area contributed by atoms with Crippen LogP contribution < -0.4 is 16.0 Å². The second kappa shape index (κ2) is 5.67. The van der Waals surface area contributed by atoms with E-state index in [1.165, 1.54) is 12.3 Å². The predicted molar refractivity (Wildman–Crippen MR) is 80.5 cm³/mol. The van der Waals surface area contributed by atoms with Crippen molar-refractivity contribution in [2.24, 2.45) is 11.3 Å². The van der Waals surface area contributed by atoms with Crippen LogP contribution in [0.1, 0.15) is 41.0 Å². The predicted octanol–water partition coefficient (Wildman–Crippen LogP) is 1.86. The Morgan fingerprint density at radius 1 is 1.25 bits per heavy atom. The summed E-state index contributed by atoms with van der Waals surface area (Å²) < 4.78 is 27.7. The third kappa shape index (κ3) is 4.73. The Morgan fingerprint density at radius 2 is 1.85 bits per heavy atom. The second-order valence-corrected chi connectivity index (χ2v) is 8.37. The Kier molecular flexibility index (Phi) is 4.78. The van der Waals surface area contributed by atoms with Crippen LogP contribution >= 0.6 is 0 Å².